The van der Waals surface area contributed by atoms with Crippen molar-refractivity contribution in [3.05, 3.63) is 30.6 Å². The van der Waals surface area contributed by atoms with Crippen molar-refractivity contribution in [1.29, 1.82) is 0 Å². The molecule has 3 aromatic rings. The van der Waals surface area contributed by atoms with Crippen LogP contribution < -0.4 is 0 Å². The zero-order valence-electron chi connectivity index (χ0n) is 7.14. The van der Waals surface area contributed by atoms with Crippen LogP contribution >= 0.6 is 11.5 Å². The Morgan fingerprint density at radius 3 is 3.14 bits per heavy atom. The van der Waals surface area contributed by atoms with E-state index in [4.69, 9.17) is 0 Å². The first kappa shape index (κ1) is 7.64. The number of hydrogen-bond acceptors (Lipinski definition) is 4. The van der Waals surface area contributed by atoms with Crippen molar-refractivity contribution >= 4 is 21.7 Å². The molecule has 0 aliphatic carbocycles. The SMILES string of the molecule is c1c[nH]c(-c2ccc3nnsc3c2)n1. The van der Waals surface area contributed by atoms with Crippen LogP contribution in [0.2, 0.25) is 0 Å². The summed E-state index contributed by atoms with van der Waals surface area (Å²) in [7, 11) is 0. The molecular weight excluding hydrogens is 196 g/mol. The highest BCUT2D eigenvalue weighted by atomic mass is 32.1. The summed E-state index contributed by atoms with van der Waals surface area (Å²) in [4.78, 5) is 7.25. The van der Waals surface area contributed by atoms with E-state index < -0.39 is 0 Å². The molecule has 0 aliphatic rings. The summed E-state index contributed by atoms with van der Waals surface area (Å²) in [6, 6.07) is 5.98. The number of H-pyrrole nitrogens is 1. The number of aromatic nitrogens is 4. The van der Waals surface area contributed by atoms with Crippen molar-refractivity contribution in [3.63, 3.8) is 0 Å². The van der Waals surface area contributed by atoms with Gasteiger partial charge < -0.3 is 4.98 Å². The predicted octanol–water partition coefficient (Wildman–Crippen LogP) is 2.08. The molecule has 3 rings (SSSR count). The zero-order chi connectivity index (χ0) is 9.38. The van der Waals surface area contributed by atoms with E-state index in [0.29, 0.717) is 0 Å². The summed E-state index contributed by atoms with van der Waals surface area (Å²) in [5.41, 5.74) is 2.00. The largest absolute Gasteiger partial charge is 0.345 e. The number of nitrogens with zero attached hydrogens (tertiary/aromatic N) is 3. The molecule has 0 unspecified atom stereocenters. The van der Waals surface area contributed by atoms with Crippen LogP contribution in [0.1, 0.15) is 0 Å². The van der Waals surface area contributed by atoms with Gasteiger partial charge in [0, 0.05) is 18.0 Å². The summed E-state index contributed by atoms with van der Waals surface area (Å²) < 4.78 is 4.97. The minimum absolute atomic E-state index is 0.875. The van der Waals surface area contributed by atoms with E-state index in [-0.39, 0.29) is 0 Å². The van der Waals surface area contributed by atoms with Gasteiger partial charge in [-0.2, -0.15) is 0 Å². The Morgan fingerprint density at radius 2 is 2.29 bits per heavy atom. The van der Waals surface area contributed by atoms with Crippen LogP contribution in [0.3, 0.4) is 0 Å². The van der Waals surface area contributed by atoms with Gasteiger partial charge in [0.1, 0.15) is 11.3 Å². The third kappa shape index (κ3) is 1.10. The molecule has 14 heavy (non-hydrogen) atoms. The van der Waals surface area contributed by atoms with Gasteiger partial charge in [0.05, 0.1) is 4.70 Å². The number of imidazole rings is 1. The van der Waals surface area contributed by atoms with Crippen molar-refractivity contribution in [2.75, 3.05) is 0 Å². The summed E-state index contributed by atoms with van der Waals surface area (Å²) in [5.74, 6) is 0.875. The first-order valence-corrected chi connectivity index (χ1v) is 4.93. The maximum atomic E-state index is 4.19. The topological polar surface area (TPSA) is 54.5 Å². The number of rotatable bonds is 1. The molecule has 0 amide bonds. The molecule has 0 fully saturated rings. The van der Waals surface area contributed by atoms with Crippen LogP contribution in [0.25, 0.3) is 21.6 Å². The lowest BCUT2D eigenvalue weighted by molar-refractivity contribution is 1.20. The van der Waals surface area contributed by atoms with Gasteiger partial charge in [-0.25, -0.2) is 4.98 Å². The maximum Gasteiger partial charge on any atom is 0.137 e. The molecule has 1 aromatic carbocycles. The number of fused-ring (bicyclic) bond motifs is 1. The highest BCUT2D eigenvalue weighted by molar-refractivity contribution is 7.12. The normalized spacial score (nSPS) is 10.9. The fourth-order valence-electron chi connectivity index (χ4n) is 1.35. The van der Waals surface area contributed by atoms with Crippen molar-refractivity contribution in [3.8, 4) is 11.4 Å². The third-order valence-corrected chi connectivity index (χ3v) is 2.71. The highest BCUT2D eigenvalue weighted by Gasteiger charge is 2.03. The van der Waals surface area contributed by atoms with E-state index in [0.717, 1.165) is 21.6 Å². The lowest BCUT2D eigenvalue weighted by Crippen LogP contribution is -1.79. The molecule has 68 valence electrons. The van der Waals surface area contributed by atoms with E-state index in [1.807, 2.05) is 24.4 Å². The molecular formula is C9H6N4S. The molecule has 0 atom stereocenters. The molecule has 4 nitrogen and oxygen atoms in total. The van der Waals surface area contributed by atoms with Crippen molar-refractivity contribution < 1.29 is 0 Å². The first-order valence-electron chi connectivity index (χ1n) is 4.15. The predicted molar refractivity (Wildman–Crippen MR) is 55.0 cm³/mol. The van der Waals surface area contributed by atoms with E-state index >= 15 is 0 Å². The Balaban J connectivity index is 2.23. The average molecular weight is 202 g/mol. The van der Waals surface area contributed by atoms with Gasteiger partial charge >= 0.3 is 0 Å². The van der Waals surface area contributed by atoms with E-state index in [9.17, 15) is 0 Å². The summed E-state index contributed by atoms with van der Waals surface area (Å²) >= 11 is 1.40. The van der Waals surface area contributed by atoms with Crippen LogP contribution in [0.4, 0.5) is 0 Å². The Hall–Kier alpha value is -1.75. The molecule has 2 heterocycles. The second-order valence-electron chi connectivity index (χ2n) is 2.89. The second kappa shape index (κ2) is 2.88. The van der Waals surface area contributed by atoms with E-state index in [1.165, 1.54) is 11.5 Å². The summed E-state index contributed by atoms with van der Waals surface area (Å²) in [6.07, 6.45) is 3.55. The monoisotopic (exact) mass is 202 g/mol. The number of hydrogen-bond donors (Lipinski definition) is 1. The molecule has 0 spiro atoms. The van der Waals surface area contributed by atoms with Gasteiger partial charge in [0.2, 0.25) is 0 Å². The van der Waals surface area contributed by atoms with E-state index in [2.05, 4.69) is 19.6 Å². The lowest BCUT2D eigenvalue weighted by atomic mass is 10.2. The van der Waals surface area contributed by atoms with Gasteiger partial charge in [-0.05, 0) is 29.7 Å². The molecule has 0 aliphatic heterocycles. The zero-order valence-corrected chi connectivity index (χ0v) is 7.95. The highest BCUT2D eigenvalue weighted by Crippen LogP contribution is 2.22. The Labute approximate surface area is 83.8 Å². The smallest absolute Gasteiger partial charge is 0.137 e. The van der Waals surface area contributed by atoms with Gasteiger partial charge in [-0.1, -0.05) is 4.49 Å². The number of benzene rings is 1. The van der Waals surface area contributed by atoms with Crippen LogP contribution in [0.15, 0.2) is 30.6 Å². The van der Waals surface area contributed by atoms with Crippen LogP contribution in [-0.4, -0.2) is 19.6 Å². The Bertz CT molecular complexity index is 555. The van der Waals surface area contributed by atoms with Gasteiger partial charge in [0.15, 0.2) is 0 Å². The summed E-state index contributed by atoms with van der Waals surface area (Å²) in [5, 5.41) is 3.98. The third-order valence-electron chi connectivity index (χ3n) is 2.02. The molecule has 0 saturated heterocycles. The Kier molecular flexibility index (Phi) is 1.57. The number of aromatic amines is 1. The second-order valence-corrected chi connectivity index (χ2v) is 3.68. The average Bonchev–Trinajstić information content (AvgIpc) is 2.88. The van der Waals surface area contributed by atoms with Gasteiger partial charge in [-0.3, -0.25) is 0 Å². The molecule has 5 heteroatoms. The first-order chi connectivity index (χ1) is 6.93. The molecule has 0 saturated carbocycles. The number of nitrogens with one attached hydrogen (secondary N) is 1. The molecule has 0 bridgehead atoms. The van der Waals surface area contributed by atoms with Gasteiger partial charge in [-0.15, -0.1) is 5.10 Å². The maximum absolute atomic E-state index is 4.19. The van der Waals surface area contributed by atoms with Crippen LogP contribution in [0.5, 0.6) is 0 Å². The quantitative estimate of drug-likeness (QED) is 0.657. The lowest BCUT2D eigenvalue weighted by Gasteiger charge is -1.94. The van der Waals surface area contributed by atoms with Crippen molar-refractivity contribution in [1.82, 2.24) is 19.6 Å². The van der Waals surface area contributed by atoms with Crippen LogP contribution in [0, 0.1) is 0 Å². The fraction of sp³-hybridized carbons (Fsp3) is 0. The standard InChI is InChI=1S/C9H6N4S/c1-2-7-8(14-13-12-7)5-6(1)9-10-3-4-11-9/h1-5H,(H,10,11). The van der Waals surface area contributed by atoms with Crippen molar-refractivity contribution in [2.45, 2.75) is 0 Å². The van der Waals surface area contributed by atoms with Crippen molar-refractivity contribution in [2.24, 2.45) is 0 Å². The molecule has 2 aromatic heterocycles. The molecule has 1 N–H and O–H groups in total. The van der Waals surface area contributed by atoms with Gasteiger partial charge in [0.25, 0.3) is 0 Å². The molecule has 0 radical (unpaired) electrons. The minimum Gasteiger partial charge on any atom is -0.345 e. The fourth-order valence-corrected chi connectivity index (χ4v) is 1.95. The van der Waals surface area contributed by atoms with E-state index in [1.54, 1.807) is 6.20 Å². The minimum atomic E-state index is 0.875. The Morgan fingerprint density at radius 1 is 1.29 bits per heavy atom. The van der Waals surface area contributed by atoms with Crippen LogP contribution in [-0.2, 0) is 0 Å². The summed E-state index contributed by atoms with van der Waals surface area (Å²) in [6.45, 7) is 0.